The Morgan fingerprint density at radius 3 is 1.86 bits per heavy atom. The third-order valence-electron chi connectivity index (χ3n) is 0.305. The van der Waals surface area contributed by atoms with Gasteiger partial charge in [0.15, 0.2) is 0 Å². The van der Waals surface area contributed by atoms with Gasteiger partial charge in [0.25, 0.3) is 0 Å². The first-order chi connectivity index (χ1) is 3.13. The molecule has 0 aromatic heterocycles. The average Bonchev–Trinajstić information content (AvgIpc) is 1.27. The van der Waals surface area contributed by atoms with Gasteiger partial charge in [0.1, 0.15) is 0 Å². The molecule has 0 aliphatic rings. The van der Waals surface area contributed by atoms with Gasteiger partial charge in [-0.2, -0.15) is 0 Å². The highest BCUT2D eigenvalue weighted by molar-refractivity contribution is 4.26. The lowest BCUT2D eigenvalue weighted by Gasteiger charge is -2.07. The van der Waals surface area contributed by atoms with E-state index in [-0.39, 0.29) is 11.5 Å². The summed E-state index contributed by atoms with van der Waals surface area (Å²) in [7, 11) is 0. The second-order valence-electron chi connectivity index (χ2n) is 1.41. The molecule has 0 spiro atoms. The molecule has 0 fully saturated rings. The van der Waals surface area contributed by atoms with Gasteiger partial charge < -0.3 is 0 Å². The van der Waals surface area contributed by atoms with E-state index >= 15 is 0 Å². The Kier molecular flexibility index (Phi) is 2.86. The minimum Gasteiger partial charge on any atom is -0.266 e. The Balaban J connectivity index is 2.95. The Morgan fingerprint density at radius 2 is 1.86 bits per heavy atom. The molecule has 0 unspecified atom stereocenters. The van der Waals surface area contributed by atoms with Gasteiger partial charge in [-0.1, -0.05) is 0 Å². The van der Waals surface area contributed by atoms with Gasteiger partial charge in [0.2, 0.25) is 0 Å². The summed E-state index contributed by atoms with van der Waals surface area (Å²) in [6, 6.07) is 0. The summed E-state index contributed by atoms with van der Waals surface area (Å²) in [6.45, 7) is 3.36. The highest BCUT2D eigenvalue weighted by Gasteiger charge is 1.95. The zero-order chi connectivity index (χ0) is 5.86. The maximum atomic E-state index is 7.89. The van der Waals surface area contributed by atoms with E-state index in [2.05, 4.69) is 4.84 Å². The molecule has 2 N–H and O–H groups in total. The van der Waals surface area contributed by atoms with Gasteiger partial charge in [-0.25, -0.2) is 4.84 Å². The van der Waals surface area contributed by atoms with Crippen molar-refractivity contribution in [3.8, 4) is 0 Å². The van der Waals surface area contributed by atoms with E-state index in [4.69, 9.17) is 10.4 Å². The van der Waals surface area contributed by atoms with Gasteiger partial charge >= 0.3 is 0 Å². The number of hydrogen-bond acceptors (Lipinski definition) is 4. The van der Waals surface area contributed by atoms with E-state index in [1.54, 1.807) is 13.8 Å². The van der Waals surface area contributed by atoms with E-state index < -0.39 is 0 Å². The van der Waals surface area contributed by atoms with Crippen LogP contribution in [0, 0.1) is 0 Å². The first-order valence-electron chi connectivity index (χ1n) is 1.97. The second kappa shape index (κ2) is 2.92. The predicted molar refractivity (Wildman–Crippen MR) is 21.6 cm³/mol. The zero-order valence-electron chi connectivity index (χ0n) is 4.33. The zero-order valence-corrected chi connectivity index (χ0v) is 4.33. The van der Waals surface area contributed by atoms with Gasteiger partial charge in [0, 0.05) is 0 Å². The molecule has 7 heavy (non-hydrogen) atoms. The quantitative estimate of drug-likeness (QED) is 0.502. The fraction of sp³-hybridized carbons (Fsp3) is 1.00. The number of hydrogen-bond donors (Lipinski definition) is 2. The van der Waals surface area contributed by atoms with E-state index in [0.29, 0.717) is 0 Å². The van der Waals surface area contributed by atoms with Crippen LogP contribution in [-0.2, 0) is 4.84 Å². The minimum atomic E-state index is -0.301. The Hall–Kier alpha value is -0.160. The standard InChI is InChI=1S/C3H9NO3/c1-3(2)7-4(5)6/h3,5-6H,1-2H3. The van der Waals surface area contributed by atoms with Crippen LogP contribution in [0.2, 0.25) is 0 Å². The SMILES string of the molecule is CC(C)ON(O)O. The predicted octanol–water partition coefficient (Wildman–Crippen LogP) is 0.407. The normalized spacial score (nSPS) is 11.1. The van der Waals surface area contributed by atoms with Gasteiger partial charge in [-0.05, 0) is 13.8 Å². The Bertz CT molecular complexity index is 39.4. The van der Waals surface area contributed by atoms with Crippen molar-refractivity contribution in [2.24, 2.45) is 0 Å². The summed E-state index contributed by atoms with van der Waals surface area (Å²) in [5.74, 6) is 0. The van der Waals surface area contributed by atoms with E-state index in [9.17, 15) is 0 Å². The molecular weight excluding hydrogens is 98.0 g/mol. The van der Waals surface area contributed by atoms with Crippen LogP contribution < -0.4 is 0 Å². The first kappa shape index (κ1) is 6.84. The lowest BCUT2D eigenvalue weighted by molar-refractivity contribution is -0.502. The van der Waals surface area contributed by atoms with Crippen molar-refractivity contribution in [2.45, 2.75) is 20.0 Å². The van der Waals surface area contributed by atoms with Crippen molar-refractivity contribution >= 4 is 0 Å². The fourth-order valence-corrected chi connectivity index (χ4v) is 0.189. The molecule has 0 saturated heterocycles. The molecular formula is C3H9NO3. The smallest absolute Gasteiger partial charge is 0.0788 e. The molecule has 0 amide bonds. The molecule has 4 heteroatoms. The molecule has 0 aliphatic carbocycles. The summed E-state index contributed by atoms with van der Waals surface area (Å²) in [5.41, 5.74) is 0. The van der Waals surface area contributed by atoms with E-state index in [1.165, 1.54) is 0 Å². The van der Waals surface area contributed by atoms with Crippen molar-refractivity contribution in [3.05, 3.63) is 0 Å². The monoisotopic (exact) mass is 107 g/mol. The van der Waals surface area contributed by atoms with Crippen molar-refractivity contribution in [1.29, 1.82) is 0 Å². The van der Waals surface area contributed by atoms with Crippen LogP contribution in [0.1, 0.15) is 13.8 Å². The summed E-state index contributed by atoms with van der Waals surface area (Å²) in [5, 5.41) is 15.5. The summed E-state index contributed by atoms with van der Waals surface area (Å²) in [6.07, 6.45) is -0.199. The average molecular weight is 107 g/mol. The van der Waals surface area contributed by atoms with Gasteiger partial charge in [0.05, 0.1) is 11.5 Å². The molecule has 4 nitrogen and oxygen atoms in total. The first-order valence-corrected chi connectivity index (χ1v) is 1.97. The minimum absolute atomic E-state index is 0.199. The molecule has 0 saturated carbocycles. The Morgan fingerprint density at radius 1 is 1.43 bits per heavy atom. The number of nitrogens with zero attached hydrogens (tertiary/aromatic N) is 1. The topological polar surface area (TPSA) is 52.9 Å². The second-order valence-corrected chi connectivity index (χ2v) is 1.41. The third-order valence-corrected chi connectivity index (χ3v) is 0.305. The molecule has 44 valence electrons. The van der Waals surface area contributed by atoms with Crippen molar-refractivity contribution in [1.82, 2.24) is 5.39 Å². The van der Waals surface area contributed by atoms with Gasteiger partial charge in [-0.15, -0.1) is 0 Å². The van der Waals surface area contributed by atoms with Crippen LogP contribution in [0.4, 0.5) is 0 Å². The lowest BCUT2D eigenvalue weighted by atomic mass is 10.5. The molecule has 0 aliphatic heterocycles. The van der Waals surface area contributed by atoms with Crippen LogP contribution in [0.5, 0.6) is 0 Å². The molecule has 0 bridgehead atoms. The molecule has 0 heterocycles. The van der Waals surface area contributed by atoms with Crippen LogP contribution in [0.3, 0.4) is 0 Å². The van der Waals surface area contributed by atoms with Crippen LogP contribution in [0.25, 0.3) is 0 Å². The summed E-state index contributed by atoms with van der Waals surface area (Å²) >= 11 is 0. The highest BCUT2D eigenvalue weighted by atomic mass is 17.1. The molecule has 0 radical (unpaired) electrons. The lowest BCUT2D eigenvalue weighted by Crippen LogP contribution is -2.19. The largest absolute Gasteiger partial charge is 0.266 e. The van der Waals surface area contributed by atoms with Crippen molar-refractivity contribution in [3.63, 3.8) is 0 Å². The number of rotatable bonds is 2. The van der Waals surface area contributed by atoms with Crippen LogP contribution in [-0.4, -0.2) is 21.9 Å². The van der Waals surface area contributed by atoms with Crippen LogP contribution in [0.15, 0.2) is 0 Å². The highest BCUT2D eigenvalue weighted by Crippen LogP contribution is 1.86. The van der Waals surface area contributed by atoms with E-state index in [0.717, 1.165) is 0 Å². The maximum Gasteiger partial charge on any atom is 0.0788 e. The third kappa shape index (κ3) is 5.84. The van der Waals surface area contributed by atoms with Gasteiger partial charge in [-0.3, -0.25) is 10.4 Å². The van der Waals surface area contributed by atoms with Crippen LogP contribution >= 0.6 is 0 Å². The summed E-state index contributed by atoms with van der Waals surface area (Å²) < 4.78 is 0. The summed E-state index contributed by atoms with van der Waals surface area (Å²) in [4.78, 5) is 4.19. The Labute approximate surface area is 41.8 Å². The van der Waals surface area contributed by atoms with Crippen molar-refractivity contribution in [2.75, 3.05) is 0 Å². The molecule has 0 aromatic rings. The van der Waals surface area contributed by atoms with E-state index in [1.807, 2.05) is 0 Å². The molecule has 0 aromatic carbocycles. The fourth-order valence-electron chi connectivity index (χ4n) is 0.189. The van der Waals surface area contributed by atoms with Crippen molar-refractivity contribution < 1.29 is 15.3 Å². The molecule has 0 rings (SSSR count). The molecule has 0 atom stereocenters. The maximum absolute atomic E-state index is 7.89.